The van der Waals surface area contributed by atoms with Crippen LogP contribution in [0.4, 0.5) is 0 Å². The summed E-state index contributed by atoms with van der Waals surface area (Å²) in [6.45, 7) is 4.39. The highest BCUT2D eigenvalue weighted by molar-refractivity contribution is 6.34. The number of amides is 1. The third kappa shape index (κ3) is 3.96. The molecule has 0 aliphatic heterocycles. The number of aromatic nitrogens is 1. The van der Waals surface area contributed by atoms with Crippen LogP contribution >= 0.6 is 23.2 Å². The van der Waals surface area contributed by atoms with Gasteiger partial charge in [0.05, 0.1) is 12.2 Å². The topological polar surface area (TPSA) is 51.2 Å². The number of hydroxylamine groups is 1. The number of carbonyl (C=O) groups is 1. The van der Waals surface area contributed by atoms with Crippen molar-refractivity contribution in [3.63, 3.8) is 0 Å². The van der Waals surface area contributed by atoms with Crippen LogP contribution < -0.4 is 5.48 Å². The molecular weight excluding hydrogens is 251 g/mol. The maximum atomic E-state index is 11.6. The van der Waals surface area contributed by atoms with Gasteiger partial charge in [-0.1, -0.05) is 37.0 Å². The lowest BCUT2D eigenvalue weighted by molar-refractivity contribution is 0.0208. The van der Waals surface area contributed by atoms with Crippen LogP contribution in [-0.2, 0) is 4.84 Å². The number of pyridine rings is 1. The standard InChI is InChI=1S/C10H12Cl2N2O2/c1-6(2)5-16-14-10(15)7-3-4-8(11)13-9(7)12/h3-4,6H,5H2,1-2H3,(H,14,15). The highest BCUT2D eigenvalue weighted by Gasteiger charge is 2.11. The Labute approximate surface area is 104 Å². The predicted molar refractivity (Wildman–Crippen MR) is 62.5 cm³/mol. The van der Waals surface area contributed by atoms with Crippen molar-refractivity contribution in [1.82, 2.24) is 10.5 Å². The van der Waals surface area contributed by atoms with E-state index >= 15 is 0 Å². The van der Waals surface area contributed by atoms with Gasteiger partial charge in [0.2, 0.25) is 0 Å². The first kappa shape index (κ1) is 13.2. The minimum Gasteiger partial charge on any atom is -0.273 e. The Kier molecular flexibility index (Phi) is 4.99. The summed E-state index contributed by atoms with van der Waals surface area (Å²) >= 11 is 11.4. The second-order valence-corrected chi connectivity index (χ2v) is 4.35. The Morgan fingerprint density at radius 2 is 2.19 bits per heavy atom. The molecule has 1 heterocycles. The number of carbonyl (C=O) groups excluding carboxylic acids is 1. The van der Waals surface area contributed by atoms with E-state index in [4.69, 9.17) is 28.0 Å². The Morgan fingerprint density at radius 3 is 2.75 bits per heavy atom. The van der Waals surface area contributed by atoms with E-state index in [2.05, 4.69) is 10.5 Å². The van der Waals surface area contributed by atoms with E-state index in [0.717, 1.165) is 0 Å². The fourth-order valence-electron chi connectivity index (χ4n) is 0.910. The monoisotopic (exact) mass is 262 g/mol. The first-order chi connectivity index (χ1) is 7.50. The van der Waals surface area contributed by atoms with Gasteiger partial charge in [-0.25, -0.2) is 10.5 Å². The normalized spacial score (nSPS) is 10.6. The van der Waals surface area contributed by atoms with Gasteiger partial charge in [0.15, 0.2) is 0 Å². The van der Waals surface area contributed by atoms with Gasteiger partial charge in [-0.3, -0.25) is 9.63 Å². The highest BCUT2D eigenvalue weighted by atomic mass is 35.5. The van der Waals surface area contributed by atoms with Crippen LogP contribution in [0, 0.1) is 5.92 Å². The van der Waals surface area contributed by atoms with Crippen LogP contribution in [0.2, 0.25) is 10.3 Å². The molecule has 0 spiro atoms. The summed E-state index contributed by atoms with van der Waals surface area (Å²) < 4.78 is 0. The summed E-state index contributed by atoms with van der Waals surface area (Å²) in [7, 11) is 0. The third-order valence-electron chi connectivity index (χ3n) is 1.64. The average molecular weight is 263 g/mol. The SMILES string of the molecule is CC(C)CONC(=O)c1ccc(Cl)nc1Cl. The van der Waals surface area contributed by atoms with Crippen molar-refractivity contribution in [2.75, 3.05) is 6.61 Å². The molecule has 0 aliphatic carbocycles. The Bertz CT molecular complexity index is 383. The second kappa shape index (κ2) is 6.03. The molecule has 1 aromatic heterocycles. The molecule has 4 nitrogen and oxygen atoms in total. The van der Waals surface area contributed by atoms with Crippen LogP contribution in [-0.4, -0.2) is 17.5 Å². The second-order valence-electron chi connectivity index (χ2n) is 3.61. The van der Waals surface area contributed by atoms with Crippen molar-refractivity contribution in [3.8, 4) is 0 Å². The Balaban J connectivity index is 2.59. The molecule has 1 amide bonds. The first-order valence-corrected chi connectivity index (χ1v) is 5.50. The molecule has 0 saturated carbocycles. The minimum atomic E-state index is -0.435. The predicted octanol–water partition coefficient (Wildman–Crippen LogP) is 2.71. The van der Waals surface area contributed by atoms with Crippen molar-refractivity contribution >= 4 is 29.1 Å². The molecule has 6 heteroatoms. The fourth-order valence-corrected chi connectivity index (χ4v) is 1.34. The van der Waals surface area contributed by atoms with E-state index in [1.807, 2.05) is 13.8 Å². The molecule has 0 bridgehead atoms. The van der Waals surface area contributed by atoms with Gasteiger partial charge in [-0.05, 0) is 18.1 Å². The van der Waals surface area contributed by atoms with E-state index in [-0.39, 0.29) is 15.9 Å². The molecule has 0 aliphatic rings. The number of hydrogen-bond donors (Lipinski definition) is 1. The van der Waals surface area contributed by atoms with Gasteiger partial charge >= 0.3 is 0 Å². The lowest BCUT2D eigenvalue weighted by Crippen LogP contribution is -2.26. The molecule has 0 fully saturated rings. The summed E-state index contributed by atoms with van der Waals surface area (Å²) in [5.74, 6) is -0.103. The average Bonchev–Trinajstić information content (AvgIpc) is 2.16. The number of hydrogen-bond acceptors (Lipinski definition) is 3. The summed E-state index contributed by atoms with van der Waals surface area (Å²) in [5, 5.41) is 0.294. The summed E-state index contributed by atoms with van der Waals surface area (Å²) in [5.41, 5.74) is 2.52. The lowest BCUT2D eigenvalue weighted by Gasteiger charge is -2.08. The van der Waals surface area contributed by atoms with Crippen molar-refractivity contribution in [1.29, 1.82) is 0 Å². The molecule has 0 unspecified atom stereocenters. The number of nitrogens with zero attached hydrogens (tertiary/aromatic N) is 1. The van der Waals surface area contributed by atoms with Crippen LogP contribution in [0.1, 0.15) is 24.2 Å². The molecule has 0 aromatic carbocycles. The Hall–Kier alpha value is -0.840. The zero-order valence-corrected chi connectivity index (χ0v) is 10.5. The summed E-state index contributed by atoms with van der Waals surface area (Å²) in [4.78, 5) is 20.3. The maximum Gasteiger partial charge on any atom is 0.277 e. The number of nitrogens with one attached hydrogen (secondary N) is 1. The van der Waals surface area contributed by atoms with Gasteiger partial charge in [-0.2, -0.15) is 0 Å². The van der Waals surface area contributed by atoms with Gasteiger partial charge < -0.3 is 0 Å². The quantitative estimate of drug-likeness (QED) is 0.671. The van der Waals surface area contributed by atoms with Gasteiger partial charge in [0, 0.05) is 0 Å². The van der Waals surface area contributed by atoms with Crippen molar-refractivity contribution < 1.29 is 9.63 Å². The molecule has 1 rings (SSSR count). The zero-order valence-electron chi connectivity index (χ0n) is 8.96. The van der Waals surface area contributed by atoms with Crippen molar-refractivity contribution in [3.05, 3.63) is 28.0 Å². The van der Waals surface area contributed by atoms with Gasteiger partial charge in [0.1, 0.15) is 10.3 Å². The van der Waals surface area contributed by atoms with E-state index < -0.39 is 5.91 Å². The van der Waals surface area contributed by atoms with Gasteiger partial charge in [-0.15, -0.1) is 0 Å². The summed E-state index contributed by atoms with van der Waals surface area (Å²) in [6, 6.07) is 2.98. The van der Waals surface area contributed by atoms with Crippen LogP contribution in [0.25, 0.3) is 0 Å². The zero-order chi connectivity index (χ0) is 12.1. The molecule has 1 aromatic rings. The van der Waals surface area contributed by atoms with Crippen LogP contribution in [0.3, 0.4) is 0 Å². The molecule has 16 heavy (non-hydrogen) atoms. The number of halogens is 2. The largest absolute Gasteiger partial charge is 0.277 e. The van der Waals surface area contributed by atoms with E-state index in [0.29, 0.717) is 12.5 Å². The van der Waals surface area contributed by atoms with Crippen LogP contribution in [0.15, 0.2) is 12.1 Å². The Morgan fingerprint density at radius 1 is 1.50 bits per heavy atom. The van der Waals surface area contributed by atoms with Gasteiger partial charge in [0.25, 0.3) is 5.91 Å². The molecular formula is C10H12Cl2N2O2. The third-order valence-corrected chi connectivity index (χ3v) is 2.14. The minimum absolute atomic E-state index is 0.0538. The fraction of sp³-hybridized carbons (Fsp3) is 0.400. The molecule has 0 atom stereocenters. The molecule has 0 radical (unpaired) electrons. The smallest absolute Gasteiger partial charge is 0.273 e. The maximum absolute atomic E-state index is 11.6. The van der Waals surface area contributed by atoms with Crippen molar-refractivity contribution in [2.45, 2.75) is 13.8 Å². The van der Waals surface area contributed by atoms with Crippen LogP contribution in [0.5, 0.6) is 0 Å². The molecule has 1 N–H and O–H groups in total. The lowest BCUT2D eigenvalue weighted by atomic mass is 10.2. The number of rotatable bonds is 4. The highest BCUT2D eigenvalue weighted by Crippen LogP contribution is 2.16. The summed E-state index contributed by atoms with van der Waals surface area (Å²) in [6.07, 6.45) is 0. The molecule has 0 saturated heterocycles. The van der Waals surface area contributed by atoms with E-state index in [9.17, 15) is 4.79 Å². The van der Waals surface area contributed by atoms with E-state index in [1.54, 1.807) is 0 Å². The molecule has 88 valence electrons. The van der Waals surface area contributed by atoms with Crippen molar-refractivity contribution in [2.24, 2.45) is 5.92 Å². The first-order valence-electron chi connectivity index (χ1n) is 4.75. The van der Waals surface area contributed by atoms with E-state index in [1.165, 1.54) is 12.1 Å².